The molecule has 1 aromatic heterocycles. The molecular weight excluding hydrogens is 338 g/mol. The number of nitrogens with one attached hydrogen (secondary N) is 1. The Morgan fingerprint density at radius 1 is 1.24 bits per heavy atom. The highest BCUT2D eigenvalue weighted by atomic mass is 32.2. The second kappa shape index (κ2) is 7.11. The van der Waals surface area contributed by atoms with E-state index in [-0.39, 0.29) is 6.04 Å². The summed E-state index contributed by atoms with van der Waals surface area (Å²) in [5, 5.41) is 3.28. The lowest BCUT2D eigenvalue weighted by Crippen LogP contribution is -2.48. The van der Waals surface area contributed by atoms with E-state index >= 15 is 0 Å². The molecule has 2 aromatic rings. The minimum absolute atomic E-state index is 0.269. The molecule has 1 atom stereocenters. The summed E-state index contributed by atoms with van der Waals surface area (Å²) in [5.41, 5.74) is 2.46. The lowest BCUT2D eigenvalue weighted by Gasteiger charge is -2.35. The summed E-state index contributed by atoms with van der Waals surface area (Å²) in [7, 11) is -2.04. The van der Waals surface area contributed by atoms with Crippen molar-refractivity contribution < 1.29 is 13.2 Å². The Labute approximate surface area is 148 Å². The van der Waals surface area contributed by atoms with Gasteiger partial charge in [-0.15, -0.1) is 0 Å². The first-order valence-corrected chi connectivity index (χ1v) is 9.67. The topological polar surface area (TPSA) is 71.5 Å². The van der Waals surface area contributed by atoms with Crippen LogP contribution >= 0.6 is 0 Å². The van der Waals surface area contributed by atoms with Gasteiger partial charge in [0.15, 0.2) is 0 Å². The third kappa shape index (κ3) is 3.27. The summed E-state index contributed by atoms with van der Waals surface area (Å²) in [6.07, 6.45) is 3.42. The molecule has 3 rings (SSSR count). The van der Waals surface area contributed by atoms with Gasteiger partial charge in [0, 0.05) is 32.0 Å². The third-order valence-electron chi connectivity index (χ3n) is 4.76. The van der Waals surface area contributed by atoms with Gasteiger partial charge in [-0.2, -0.15) is 4.31 Å². The van der Waals surface area contributed by atoms with E-state index in [1.54, 1.807) is 35.9 Å². The molecule has 1 unspecified atom stereocenters. The van der Waals surface area contributed by atoms with Gasteiger partial charge >= 0.3 is 0 Å². The summed E-state index contributed by atoms with van der Waals surface area (Å²) in [5.74, 6) is 0.695. The Bertz CT molecular complexity index is 853. The standard InChI is InChI=1S/C18H23N3O3S/c1-13-14(2)18(7-6-17(13)24-3)25(22,23)21-10-9-20-12-16(21)15-5-4-8-19-11-15/h4-8,11,16,20H,9-10,12H2,1-3H3. The molecule has 0 bridgehead atoms. The van der Waals surface area contributed by atoms with Gasteiger partial charge in [-0.1, -0.05) is 6.07 Å². The fourth-order valence-electron chi connectivity index (χ4n) is 3.23. The van der Waals surface area contributed by atoms with Gasteiger partial charge in [-0.25, -0.2) is 8.42 Å². The molecular formula is C18H23N3O3S. The van der Waals surface area contributed by atoms with E-state index in [0.717, 1.165) is 16.7 Å². The zero-order chi connectivity index (χ0) is 18.0. The van der Waals surface area contributed by atoms with Gasteiger partial charge in [0.05, 0.1) is 18.0 Å². The number of benzene rings is 1. The molecule has 1 aromatic carbocycles. The summed E-state index contributed by atoms with van der Waals surface area (Å²) in [6.45, 7) is 5.32. The molecule has 6 nitrogen and oxygen atoms in total. The van der Waals surface area contributed by atoms with Crippen molar-refractivity contribution in [2.24, 2.45) is 0 Å². The third-order valence-corrected chi connectivity index (χ3v) is 6.81. The maximum atomic E-state index is 13.4. The van der Waals surface area contributed by atoms with Crippen molar-refractivity contribution >= 4 is 10.0 Å². The molecule has 0 aliphatic carbocycles. The highest BCUT2D eigenvalue weighted by molar-refractivity contribution is 7.89. The van der Waals surface area contributed by atoms with Crippen LogP contribution in [0.25, 0.3) is 0 Å². The normalized spacial score (nSPS) is 18.9. The van der Waals surface area contributed by atoms with Crippen LogP contribution < -0.4 is 10.1 Å². The van der Waals surface area contributed by atoms with Crippen LogP contribution in [-0.4, -0.2) is 44.5 Å². The van der Waals surface area contributed by atoms with Crippen LogP contribution in [0.5, 0.6) is 5.75 Å². The van der Waals surface area contributed by atoms with E-state index in [0.29, 0.717) is 30.3 Å². The summed E-state index contributed by atoms with van der Waals surface area (Å²) in [4.78, 5) is 4.47. The van der Waals surface area contributed by atoms with Crippen LogP contribution in [0.15, 0.2) is 41.6 Å². The average Bonchev–Trinajstić information content (AvgIpc) is 2.64. The second-order valence-electron chi connectivity index (χ2n) is 6.14. The molecule has 7 heteroatoms. The first kappa shape index (κ1) is 17.8. The van der Waals surface area contributed by atoms with Crippen LogP contribution in [0, 0.1) is 13.8 Å². The fourth-order valence-corrected chi connectivity index (χ4v) is 5.12. The highest BCUT2D eigenvalue weighted by Gasteiger charge is 2.35. The molecule has 0 spiro atoms. The zero-order valence-corrected chi connectivity index (χ0v) is 15.5. The Hall–Kier alpha value is -1.96. The number of rotatable bonds is 4. The molecule has 1 saturated heterocycles. The summed E-state index contributed by atoms with van der Waals surface area (Å²) >= 11 is 0. The molecule has 1 fully saturated rings. The van der Waals surface area contributed by atoms with Crippen LogP contribution in [0.3, 0.4) is 0 Å². The van der Waals surface area contributed by atoms with Gasteiger partial charge in [-0.3, -0.25) is 4.98 Å². The van der Waals surface area contributed by atoms with Gasteiger partial charge in [0.25, 0.3) is 0 Å². The SMILES string of the molecule is COc1ccc(S(=O)(=O)N2CCNCC2c2cccnc2)c(C)c1C. The van der Waals surface area contributed by atoms with Gasteiger partial charge in [0.2, 0.25) is 10.0 Å². The molecule has 0 saturated carbocycles. The van der Waals surface area contributed by atoms with Crippen molar-refractivity contribution in [1.29, 1.82) is 0 Å². The van der Waals surface area contributed by atoms with E-state index < -0.39 is 10.0 Å². The monoisotopic (exact) mass is 361 g/mol. The molecule has 0 radical (unpaired) electrons. The molecule has 1 N–H and O–H groups in total. The summed E-state index contributed by atoms with van der Waals surface area (Å²) in [6, 6.07) is 6.83. The number of hydrogen-bond donors (Lipinski definition) is 1. The molecule has 2 heterocycles. The minimum atomic E-state index is -3.63. The van der Waals surface area contributed by atoms with E-state index in [9.17, 15) is 8.42 Å². The molecule has 1 aliphatic heterocycles. The van der Waals surface area contributed by atoms with Crippen molar-refractivity contribution in [3.63, 3.8) is 0 Å². The van der Waals surface area contributed by atoms with E-state index in [1.165, 1.54) is 0 Å². The number of pyridine rings is 1. The van der Waals surface area contributed by atoms with Crippen LogP contribution in [0.4, 0.5) is 0 Å². The molecule has 1 aliphatic rings. The molecule has 25 heavy (non-hydrogen) atoms. The van der Waals surface area contributed by atoms with Crippen LogP contribution in [0.1, 0.15) is 22.7 Å². The van der Waals surface area contributed by atoms with Crippen LogP contribution in [0.2, 0.25) is 0 Å². The van der Waals surface area contributed by atoms with Gasteiger partial charge in [0.1, 0.15) is 5.75 Å². The predicted octanol–water partition coefficient (Wildman–Crippen LogP) is 2.04. The smallest absolute Gasteiger partial charge is 0.243 e. The summed E-state index contributed by atoms with van der Waals surface area (Å²) < 4.78 is 33.6. The van der Waals surface area contributed by atoms with Crippen LogP contribution in [-0.2, 0) is 10.0 Å². The first-order valence-electron chi connectivity index (χ1n) is 8.23. The van der Waals surface area contributed by atoms with Crippen molar-refractivity contribution in [3.05, 3.63) is 53.3 Å². The van der Waals surface area contributed by atoms with Crippen molar-refractivity contribution in [3.8, 4) is 5.75 Å². The largest absolute Gasteiger partial charge is 0.496 e. The Balaban J connectivity index is 2.05. The number of nitrogens with zero attached hydrogens (tertiary/aromatic N) is 2. The number of piperazine rings is 1. The van der Waals surface area contributed by atoms with Crippen molar-refractivity contribution in [2.45, 2.75) is 24.8 Å². The molecule has 134 valence electrons. The number of hydrogen-bond acceptors (Lipinski definition) is 5. The quantitative estimate of drug-likeness (QED) is 0.902. The maximum Gasteiger partial charge on any atom is 0.243 e. The van der Waals surface area contributed by atoms with Crippen molar-refractivity contribution in [2.75, 3.05) is 26.7 Å². The highest BCUT2D eigenvalue weighted by Crippen LogP contribution is 2.33. The minimum Gasteiger partial charge on any atom is -0.496 e. The Morgan fingerprint density at radius 2 is 2.04 bits per heavy atom. The number of methoxy groups -OCH3 is 1. The lowest BCUT2D eigenvalue weighted by atomic mass is 10.1. The second-order valence-corrected chi connectivity index (χ2v) is 8.00. The Kier molecular flexibility index (Phi) is 5.08. The predicted molar refractivity (Wildman–Crippen MR) is 96.2 cm³/mol. The van der Waals surface area contributed by atoms with Crippen molar-refractivity contribution in [1.82, 2.24) is 14.6 Å². The average molecular weight is 361 g/mol. The van der Waals surface area contributed by atoms with Gasteiger partial charge < -0.3 is 10.1 Å². The lowest BCUT2D eigenvalue weighted by molar-refractivity contribution is 0.271. The number of ether oxygens (including phenoxy) is 1. The molecule has 0 amide bonds. The number of aromatic nitrogens is 1. The van der Waals surface area contributed by atoms with Gasteiger partial charge in [-0.05, 0) is 48.7 Å². The first-order chi connectivity index (χ1) is 12.0. The van der Waals surface area contributed by atoms with E-state index in [1.807, 2.05) is 26.0 Å². The fraction of sp³-hybridized carbons (Fsp3) is 0.389. The number of sulfonamides is 1. The zero-order valence-electron chi connectivity index (χ0n) is 14.7. The van der Waals surface area contributed by atoms with E-state index in [4.69, 9.17) is 4.74 Å². The maximum absolute atomic E-state index is 13.4. The Morgan fingerprint density at radius 3 is 2.72 bits per heavy atom. The van der Waals surface area contributed by atoms with E-state index in [2.05, 4.69) is 10.3 Å².